The average molecular weight is 419 g/mol. The van der Waals surface area contributed by atoms with E-state index in [1.54, 1.807) is 11.8 Å². The Morgan fingerprint density at radius 2 is 2.07 bits per heavy atom. The number of carbonyl (C=O) groups is 1. The van der Waals surface area contributed by atoms with Crippen molar-refractivity contribution in [3.8, 4) is 0 Å². The molecule has 3 rings (SSSR count). The minimum Gasteiger partial charge on any atom is -0.367 e. The van der Waals surface area contributed by atoms with Crippen molar-refractivity contribution in [2.45, 2.75) is 83.5 Å². The Bertz CT molecular complexity index is 800. The van der Waals surface area contributed by atoms with Gasteiger partial charge in [0.05, 0.1) is 18.1 Å². The second-order valence-corrected chi connectivity index (χ2v) is 9.23. The van der Waals surface area contributed by atoms with Crippen LogP contribution in [0.5, 0.6) is 0 Å². The normalized spacial score (nSPS) is 15.2. The van der Waals surface area contributed by atoms with Gasteiger partial charge in [-0.05, 0) is 39.0 Å². The standard InChI is InChI=1S/C21H34N6OS/c1-4-12-29-21-25-19(24-15(2)3)17-14-23-27(20(17)26-21)11-10-22-18(28)13-16-8-6-5-7-9-16/h14-16H,4-13H2,1-3H3,(H,22,28)(H,24,25,26). The molecule has 1 aliphatic rings. The molecule has 0 atom stereocenters. The summed E-state index contributed by atoms with van der Waals surface area (Å²) in [5, 5.41) is 12.7. The Morgan fingerprint density at radius 3 is 2.79 bits per heavy atom. The van der Waals surface area contributed by atoms with Gasteiger partial charge in [0, 0.05) is 24.8 Å². The quantitative estimate of drug-likeness (QED) is 0.443. The van der Waals surface area contributed by atoms with Crippen molar-refractivity contribution in [1.29, 1.82) is 0 Å². The van der Waals surface area contributed by atoms with Crippen LogP contribution in [0.1, 0.15) is 65.7 Å². The van der Waals surface area contributed by atoms with Crippen LogP contribution in [0.25, 0.3) is 11.0 Å². The molecule has 0 saturated heterocycles. The first-order valence-electron chi connectivity index (χ1n) is 11.0. The molecule has 160 valence electrons. The molecule has 0 aliphatic heterocycles. The lowest BCUT2D eigenvalue weighted by atomic mass is 9.87. The number of thioether (sulfide) groups is 1. The fourth-order valence-electron chi connectivity index (χ4n) is 3.77. The first-order valence-corrected chi connectivity index (χ1v) is 11.9. The maximum absolute atomic E-state index is 12.3. The van der Waals surface area contributed by atoms with E-state index in [1.807, 2.05) is 10.9 Å². The molecule has 0 bridgehead atoms. The number of hydrogen-bond acceptors (Lipinski definition) is 6. The van der Waals surface area contributed by atoms with Crippen LogP contribution in [0.4, 0.5) is 5.82 Å². The highest BCUT2D eigenvalue weighted by atomic mass is 32.2. The molecule has 0 radical (unpaired) electrons. The number of fused-ring (bicyclic) bond motifs is 1. The number of amides is 1. The van der Waals surface area contributed by atoms with Gasteiger partial charge >= 0.3 is 0 Å². The molecule has 0 aromatic carbocycles. The lowest BCUT2D eigenvalue weighted by Crippen LogP contribution is -2.29. The zero-order valence-corrected chi connectivity index (χ0v) is 18.7. The molecular formula is C21H34N6OS. The summed E-state index contributed by atoms with van der Waals surface area (Å²) in [4.78, 5) is 21.7. The van der Waals surface area contributed by atoms with Crippen molar-refractivity contribution in [2.75, 3.05) is 17.6 Å². The van der Waals surface area contributed by atoms with Crippen molar-refractivity contribution in [2.24, 2.45) is 5.92 Å². The van der Waals surface area contributed by atoms with Gasteiger partial charge in [-0.3, -0.25) is 4.79 Å². The summed E-state index contributed by atoms with van der Waals surface area (Å²) in [6.07, 6.45) is 9.78. The van der Waals surface area contributed by atoms with Crippen LogP contribution in [0.15, 0.2) is 11.4 Å². The van der Waals surface area contributed by atoms with Crippen molar-refractivity contribution < 1.29 is 4.79 Å². The third-order valence-corrected chi connectivity index (χ3v) is 6.23. The van der Waals surface area contributed by atoms with Crippen LogP contribution >= 0.6 is 11.8 Å². The summed E-state index contributed by atoms with van der Waals surface area (Å²) in [5.74, 6) is 2.53. The summed E-state index contributed by atoms with van der Waals surface area (Å²) >= 11 is 1.66. The predicted molar refractivity (Wildman–Crippen MR) is 119 cm³/mol. The van der Waals surface area contributed by atoms with Crippen LogP contribution < -0.4 is 10.6 Å². The fourth-order valence-corrected chi connectivity index (χ4v) is 4.46. The van der Waals surface area contributed by atoms with Crippen molar-refractivity contribution in [1.82, 2.24) is 25.1 Å². The molecule has 8 heteroatoms. The summed E-state index contributed by atoms with van der Waals surface area (Å²) in [6, 6.07) is 0.277. The largest absolute Gasteiger partial charge is 0.367 e. The van der Waals surface area contributed by atoms with E-state index >= 15 is 0 Å². The molecular weight excluding hydrogens is 384 g/mol. The Kier molecular flexibility index (Phi) is 8.15. The van der Waals surface area contributed by atoms with Crippen LogP contribution in [-0.4, -0.2) is 44.0 Å². The molecule has 29 heavy (non-hydrogen) atoms. The van der Waals surface area contributed by atoms with Crippen LogP contribution in [0.3, 0.4) is 0 Å². The lowest BCUT2D eigenvalue weighted by molar-refractivity contribution is -0.122. The zero-order chi connectivity index (χ0) is 20.6. The van der Waals surface area contributed by atoms with Crippen molar-refractivity contribution in [3.05, 3.63) is 6.20 Å². The van der Waals surface area contributed by atoms with E-state index in [9.17, 15) is 4.79 Å². The van der Waals surface area contributed by atoms with Gasteiger partial charge in [-0.2, -0.15) is 5.10 Å². The molecule has 1 fully saturated rings. The summed E-state index contributed by atoms with van der Waals surface area (Å²) < 4.78 is 1.87. The molecule has 7 nitrogen and oxygen atoms in total. The van der Waals surface area contributed by atoms with Gasteiger partial charge in [0.1, 0.15) is 5.82 Å². The van der Waals surface area contributed by atoms with E-state index in [0.717, 1.165) is 34.2 Å². The van der Waals surface area contributed by atoms with E-state index in [0.29, 0.717) is 25.4 Å². The van der Waals surface area contributed by atoms with Gasteiger partial charge in [-0.15, -0.1) is 0 Å². The number of nitrogens with zero attached hydrogens (tertiary/aromatic N) is 4. The monoisotopic (exact) mass is 418 g/mol. The fraction of sp³-hybridized carbons (Fsp3) is 0.714. The van der Waals surface area contributed by atoms with Gasteiger partial charge in [0.25, 0.3) is 0 Å². The topological polar surface area (TPSA) is 84.7 Å². The number of rotatable bonds is 10. The molecule has 1 amide bonds. The van der Waals surface area contributed by atoms with E-state index in [-0.39, 0.29) is 11.9 Å². The van der Waals surface area contributed by atoms with Gasteiger partial charge < -0.3 is 10.6 Å². The molecule has 2 aromatic rings. The van der Waals surface area contributed by atoms with Gasteiger partial charge in [-0.25, -0.2) is 14.6 Å². The number of aromatic nitrogens is 4. The Hall–Kier alpha value is -1.83. The van der Waals surface area contributed by atoms with E-state index < -0.39 is 0 Å². The SMILES string of the molecule is CCCSc1nc(NC(C)C)c2cnn(CCNC(=O)CC3CCCCC3)c2n1. The number of hydrogen-bond donors (Lipinski definition) is 2. The number of anilines is 1. The van der Waals surface area contributed by atoms with Crippen LogP contribution in [-0.2, 0) is 11.3 Å². The lowest BCUT2D eigenvalue weighted by Gasteiger charge is -2.20. The predicted octanol–water partition coefficient (Wildman–Crippen LogP) is 4.24. The molecule has 0 unspecified atom stereocenters. The molecule has 1 saturated carbocycles. The minimum atomic E-state index is 0.157. The highest BCUT2D eigenvalue weighted by Crippen LogP contribution is 2.26. The average Bonchev–Trinajstić information content (AvgIpc) is 3.10. The molecule has 0 spiro atoms. The second kappa shape index (κ2) is 10.8. The first kappa shape index (κ1) is 21.9. The number of carbonyl (C=O) groups excluding carboxylic acids is 1. The summed E-state index contributed by atoms with van der Waals surface area (Å²) in [7, 11) is 0. The molecule has 2 N–H and O–H groups in total. The third-order valence-electron chi connectivity index (χ3n) is 5.18. The van der Waals surface area contributed by atoms with E-state index in [1.165, 1.54) is 32.1 Å². The Morgan fingerprint density at radius 1 is 1.28 bits per heavy atom. The van der Waals surface area contributed by atoms with E-state index in [2.05, 4.69) is 41.5 Å². The summed E-state index contributed by atoms with van der Waals surface area (Å²) in [6.45, 7) is 7.52. The van der Waals surface area contributed by atoms with Crippen LogP contribution in [0, 0.1) is 5.92 Å². The van der Waals surface area contributed by atoms with E-state index in [4.69, 9.17) is 4.98 Å². The first-order chi connectivity index (χ1) is 14.1. The van der Waals surface area contributed by atoms with Crippen molar-refractivity contribution in [3.63, 3.8) is 0 Å². The highest BCUT2D eigenvalue weighted by molar-refractivity contribution is 7.99. The van der Waals surface area contributed by atoms with Crippen LogP contribution in [0.2, 0.25) is 0 Å². The smallest absolute Gasteiger partial charge is 0.220 e. The minimum absolute atomic E-state index is 0.157. The second-order valence-electron chi connectivity index (χ2n) is 8.17. The third kappa shape index (κ3) is 6.32. The molecule has 2 heterocycles. The van der Waals surface area contributed by atoms with Crippen molar-refractivity contribution >= 4 is 34.5 Å². The molecule has 1 aliphatic carbocycles. The zero-order valence-electron chi connectivity index (χ0n) is 17.9. The maximum atomic E-state index is 12.3. The number of nitrogens with one attached hydrogen (secondary N) is 2. The summed E-state index contributed by atoms with van der Waals surface area (Å²) in [5.41, 5.74) is 0.822. The Balaban J connectivity index is 1.64. The van der Waals surface area contributed by atoms with Gasteiger partial charge in [0.2, 0.25) is 5.91 Å². The highest BCUT2D eigenvalue weighted by Gasteiger charge is 2.17. The Labute approximate surface area is 177 Å². The van der Waals surface area contributed by atoms with Gasteiger partial charge in [0.15, 0.2) is 10.8 Å². The van der Waals surface area contributed by atoms with Gasteiger partial charge in [-0.1, -0.05) is 37.9 Å². The maximum Gasteiger partial charge on any atom is 0.220 e. The molecule has 2 aromatic heterocycles.